The zero-order valence-electron chi connectivity index (χ0n) is 24.4. The van der Waals surface area contributed by atoms with Crippen molar-refractivity contribution in [1.29, 1.82) is 0 Å². The van der Waals surface area contributed by atoms with Crippen LogP contribution >= 0.6 is 0 Å². The number of aromatic nitrogens is 3. The molecule has 0 saturated heterocycles. The van der Waals surface area contributed by atoms with E-state index in [4.69, 9.17) is 0 Å². The van der Waals surface area contributed by atoms with E-state index in [-0.39, 0.29) is 0 Å². The van der Waals surface area contributed by atoms with E-state index in [1.807, 2.05) is 0 Å². The maximum Gasteiger partial charge on any atom is 0.0542 e. The molecule has 0 aliphatic carbocycles. The van der Waals surface area contributed by atoms with E-state index in [2.05, 4.69) is 177 Å². The molecule has 0 spiro atoms. The maximum atomic E-state index is 2.41. The summed E-state index contributed by atoms with van der Waals surface area (Å²) in [7, 11) is 0. The zero-order valence-corrected chi connectivity index (χ0v) is 24.4. The van der Waals surface area contributed by atoms with Gasteiger partial charge >= 0.3 is 0 Å². The lowest BCUT2D eigenvalue weighted by atomic mass is 10.1. The van der Waals surface area contributed by atoms with Crippen LogP contribution in [-0.2, 0) is 0 Å². The fraction of sp³-hybridized carbons (Fsp3) is 0. The number of para-hydroxylation sites is 5. The third-order valence-corrected chi connectivity index (χ3v) is 9.42. The van der Waals surface area contributed by atoms with E-state index in [9.17, 15) is 0 Å². The number of fused-ring (bicyclic) bond motifs is 9. The van der Waals surface area contributed by atoms with Crippen LogP contribution in [-0.4, -0.2) is 13.7 Å². The maximum absolute atomic E-state index is 2.41. The number of hydrogen-bond donors (Lipinski definition) is 0. The highest BCUT2D eigenvalue weighted by atomic mass is 15.0. The minimum absolute atomic E-state index is 1.14. The first-order valence-corrected chi connectivity index (χ1v) is 15.5. The summed E-state index contributed by atoms with van der Waals surface area (Å²) in [5, 5.41) is 7.58. The Hall–Kier alpha value is -6.06. The van der Waals surface area contributed by atoms with Gasteiger partial charge in [-0.3, -0.25) is 0 Å². The monoisotopic (exact) mass is 573 g/mol. The Bertz CT molecular complexity index is 2660. The van der Waals surface area contributed by atoms with Gasteiger partial charge in [0.05, 0.1) is 33.1 Å². The van der Waals surface area contributed by atoms with Gasteiger partial charge in [0.2, 0.25) is 0 Å². The molecule has 210 valence electrons. The van der Waals surface area contributed by atoms with E-state index in [1.165, 1.54) is 71.1 Å². The molecule has 3 aromatic heterocycles. The fourth-order valence-electron chi connectivity index (χ4n) is 7.55. The van der Waals surface area contributed by atoms with Crippen LogP contribution in [0.5, 0.6) is 0 Å². The summed E-state index contributed by atoms with van der Waals surface area (Å²) in [5.41, 5.74) is 10.7. The van der Waals surface area contributed by atoms with Crippen LogP contribution in [0.2, 0.25) is 0 Å². The third-order valence-electron chi connectivity index (χ3n) is 9.42. The number of nitrogens with zero attached hydrogens (tertiary/aromatic N) is 3. The molecular formula is C42H27N3. The first kappa shape index (κ1) is 24.4. The second-order valence-electron chi connectivity index (χ2n) is 11.8. The molecule has 10 rings (SSSR count). The Morgan fingerprint density at radius 1 is 0.222 bits per heavy atom. The minimum Gasteiger partial charge on any atom is -0.309 e. The molecule has 0 radical (unpaired) electrons. The standard InChI is InChI=1S/C42H27N3/c1-6-19-37-31(14-1)32-15-2-7-20-38(32)43(37)28-12-11-13-29(26-28)44-41-23-10-5-18-35(41)36-27-30(24-25-42(36)44)45-39-21-8-3-16-33(39)34-17-4-9-22-40(34)45/h1-27H. The molecule has 0 unspecified atom stereocenters. The first-order valence-electron chi connectivity index (χ1n) is 15.5. The lowest BCUT2D eigenvalue weighted by molar-refractivity contribution is 1.13. The van der Waals surface area contributed by atoms with Gasteiger partial charge in [-0.15, -0.1) is 0 Å². The number of rotatable bonds is 3. The van der Waals surface area contributed by atoms with E-state index < -0.39 is 0 Å². The molecule has 0 saturated carbocycles. The van der Waals surface area contributed by atoms with Crippen LogP contribution in [0, 0.1) is 0 Å². The van der Waals surface area contributed by atoms with Gasteiger partial charge in [-0.05, 0) is 66.7 Å². The van der Waals surface area contributed by atoms with Gasteiger partial charge in [0.15, 0.2) is 0 Å². The molecule has 45 heavy (non-hydrogen) atoms. The third kappa shape index (κ3) is 3.41. The summed E-state index contributed by atoms with van der Waals surface area (Å²) in [6.07, 6.45) is 0. The topological polar surface area (TPSA) is 14.8 Å². The zero-order chi connectivity index (χ0) is 29.5. The molecular weight excluding hydrogens is 546 g/mol. The van der Waals surface area contributed by atoms with Gasteiger partial charge in [-0.1, -0.05) is 97.1 Å². The lowest BCUT2D eigenvalue weighted by Gasteiger charge is -2.13. The summed E-state index contributed by atoms with van der Waals surface area (Å²) in [6.45, 7) is 0. The summed E-state index contributed by atoms with van der Waals surface area (Å²) < 4.78 is 7.21. The highest BCUT2D eigenvalue weighted by Gasteiger charge is 2.17. The first-order chi connectivity index (χ1) is 22.3. The Labute approximate surface area is 259 Å². The molecule has 0 fully saturated rings. The minimum atomic E-state index is 1.14. The van der Waals surface area contributed by atoms with E-state index in [1.54, 1.807) is 0 Å². The average molecular weight is 574 g/mol. The Morgan fingerprint density at radius 2 is 0.533 bits per heavy atom. The molecule has 0 aliphatic heterocycles. The van der Waals surface area contributed by atoms with Gasteiger partial charge in [0.25, 0.3) is 0 Å². The molecule has 3 heterocycles. The van der Waals surface area contributed by atoms with Gasteiger partial charge in [0.1, 0.15) is 0 Å². The van der Waals surface area contributed by atoms with Crippen LogP contribution in [0.25, 0.3) is 82.5 Å². The molecule has 7 aromatic carbocycles. The van der Waals surface area contributed by atoms with E-state index in [0.29, 0.717) is 0 Å². The van der Waals surface area contributed by atoms with E-state index >= 15 is 0 Å². The smallest absolute Gasteiger partial charge is 0.0542 e. The summed E-state index contributed by atoms with van der Waals surface area (Å²) in [6, 6.07) is 59.5. The van der Waals surface area contributed by atoms with Crippen molar-refractivity contribution in [3.8, 4) is 17.1 Å². The molecule has 0 aliphatic rings. The Morgan fingerprint density at radius 3 is 0.933 bits per heavy atom. The normalized spacial score (nSPS) is 12.0. The van der Waals surface area contributed by atoms with Crippen LogP contribution < -0.4 is 0 Å². The Balaban J connectivity index is 1.22. The molecule has 3 heteroatoms. The molecule has 0 bridgehead atoms. The van der Waals surface area contributed by atoms with Crippen LogP contribution in [0.4, 0.5) is 0 Å². The van der Waals surface area contributed by atoms with Gasteiger partial charge < -0.3 is 13.7 Å². The number of hydrogen-bond acceptors (Lipinski definition) is 0. The molecule has 3 nitrogen and oxygen atoms in total. The van der Waals surface area contributed by atoms with Crippen molar-refractivity contribution in [2.45, 2.75) is 0 Å². The predicted octanol–water partition coefficient (Wildman–Crippen LogP) is 11.0. The van der Waals surface area contributed by atoms with Crippen molar-refractivity contribution in [3.63, 3.8) is 0 Å². The quantitative estimate of drug-likeness (QED) is 0.200. The highest BCUT2D eigenvalue weighted by molar-refractivity contribution is 6.12. The van der Waals surface area contributed by atoms with Crippen LogP contribution in [0.15, 0.2) is 164 Å². The van der Waals surface area contributed by atoms with Crippen molar-refractivity contribution in [2.24, 2.45) is 0 Å². The Kier molecular flexibility index (Phi) is 5.00. The summed E-state index contributed by atoms with van der Waals surface area (Å²) in [5.74, 6) is 0. The van der Waals surface area contributed by atoms with Gasteiger partial charge in [-0.25, -0.2) is 0 Å². The summed E-state index contributed by atoms with van der Waals surface area (Å²) >= 11 is 0. The average Bonchev–Trinajstić information content (AvgIpc) is 3.74. The van der Waals surface area contributed by atoms with E-state index in [0.717, 1.165) is 11.4 Å². The van der Waals surface area contributed by atoms with Gasteiger partial charge in [-0.2, -0.15) is 0 Å². The molecule has 0 N–H and O–H groups in total. The lowest BCUT2D eigenvalue weighted by Crippen LogP contribution is -1.99. The van der Waals surface area contributed by atoms with Crippen molar-refractivity contribution in [3.05, 3.63) is 164 Å². The SMILES string of the molecule is c1cc(-n2c3ccccc3c3ccccc32)cc(-n2c3ccccc3c3cc(-n4c5ccccc5c5ccccc54)ccc32)c1. The highest BCUT2D eigenvalue weighted by Crippen LogP contribution is 2.38. The van der Waals surface area contributed by atoms with Crippen molar-refractivity contribution < 1.29 is 0 Å². The molecule has 0 atom stereocenters. The largest absolute Gasteiger partial charge is 0.309 e. The molecule has 0 amide bonds. The second-order valence-corrected chi connectivity index (χ2v) is 11.8. The number of benzene rings is 7. The fourth-order valence-corrected chi connectivity index (χ4v) is 7.55. The molecule has 10 aromatic rings. The van der Waals surface area contributed by atoms with Crippen molar-refractivity contribution in [2.75, 3.05) is 0 Å². The van der Waals surface area contributed by atoms with Crippen LogP contribution in [0.3, 0.4) is 0 Å². The van der Waals surface area contributed by atoms with Crippen LogP contribution in [0.1, 0.15) is 0 Å². The van der Waals surface area contributed by atoms with Gasteiger partial charge in [0, 0.05) is 49.4 Å². The second kappa shape index (κ2) is 9.22. The van der Waals surface area contributed by atoms with Crippen molar-refractivity contribution in [1.82, 2.24) is 13.7 Å². The van der Waals surface area contributed by atoms with Crippen molar-refractivity contribution >= 4 is 65.4 Å². The summed E-state index contributed by atoms with van der Waals surface area (Å²) in [4.78, 5) is 0. The predicted molar refractivity (Wildman–Crippen MR) is 189 cm³/mol.